The molecule has 0 spiro atoms. The van der Waals surface area contributed by atoms with Gasteiger partial charge in [0, 0.05) is 0 Å². The molecule has 0 saturated heterocycles. The van der Waals surface area contributed by atoms with Crippen molar-refractivity contribution in [2.24, 2.45) is 0 Å². The Morgan fingerprint density at radius 1 is 0.737 bits per heavy atom. The van der Waals surface area contributed by atoms with Gasteiger partial charge in [-0.15, -0.1) is 0 Å². The van der Waals surface area contributed by atoms with Crippen molar-refractivity contribution in [3.8, 4) is 0 Å². The van der Waals surface area contributed by atoms with Gasteiger partial charge in [-0.2, -0.15) is 0 Å². The van der Waals surface area contributed by atoms with E-state index in [1.165, 1.54) is 44.2 Å². The molecule has 0 aliphatic heterocycles. The van der Waals surface area contributed by atoms with Crippen molar-refractivity contribution < 1.29 is 0 Å². The molecular weight excluding hydrogens is 247 g/mol. The number of hydrogen-bond donors (Lipinski definition) is 0. The molecule has 0 heterocycles. The standard InChI is InChI=1S/C18H39P/c1-4-7-9-13-17-19(6-3,16-8-5-2)18-14-11-10-12-15-18/h18-19H,4-17H2,1-3H3. The molecule has 1 saturated carbocycles. The van der Waals surface area contributed by atoms with Crippen molar-refractivity contribution in [2.45, 2.75) is 97.1 Å². The first-order chi connectivity index (χ1) is 9.29. The van der Waals surface area contributed by atoms with Crippen LogP contribution in [0.2, 0.25) is 0 Å². The third-order valence-electron chi connectivity index (χ3n) is 5.73. The Morgan fingerprint density at radius 2 is 1.37 bits per heavy atom. The third kappa shape index (κ3) is 5.74. The van der Waals surface area contributed by atoms with Crippen LogP contribution < -0.4 is 0 Å². The van der Waals surface area contributed by atoms with E-state index < -0.39 is 7.26 Å². The molecular formula is C18H39P. The Labute approximate surface area is 123 Å². The Kier molecular flexibility index (Phi) is 9.38. The first-order valence-electron chi connectivity index (χ1n) is 9.29. The molecule has 0 radical (unpaired) electrons. The molecule has 1 heteroatoms. The third-order valence-corrected chi connectivity index (χ3v) is 12.1. The maximum atomic E-state index is 2.54. The van der Waals surface area contributed by atoms with Crippen LogP contribution >= 0.6 is 7.26 Å². The number of unbranched alkanes of at least 4 members (excludes halogenated alkanes) is 4. The monoisotopic (exact) mass is 286 g/mol. The van der Waals surface area contributed by atoms with Gasteiger partial charge < -0.3 is 0 Å². The van der Waals surface area contributed by atoms with Crippen LogP contribution in [0.1, 0.15) is 91.4 Å². The van der Waals surface area contributed by atoms with Crippen LogP contribution in [0.4, 0.5) is 0 Å². The maximum absolute atomic E-state index is 2.54. The summed E-state index contributed by atoms with van der Waals surface area (Å²) in [7, 11) is -0.940. The Balaban J connectivity index is 2.57. The molecule has 0 N–H and O–H groups in total. The summed E-state index contributed by atoms with van der Waals surface area (Å²) in [5.41, 5.74) is 1.19. The normalized spacial score (nSPS) is 18.7. The molecule has 0 unspecified atom stereocenters. The second-order valence-corrected chi connectivity index (χ2v) is 12.2. The molecule has 0 nitrogen and oxygen atoms in total. The van der Waals surface area contributed by atoms with Gasteiger partial charge in [-0.05, 0) is 0 Å². The Morgan fingerprint density at radius 3 is 1.95 bits per heavy atom. The van der Waals surface area contributed by atoms with E-state index in [0.717, 1.165) is 0 Å². The average Bonchev–Trinajstić information content (AvgIpc) is 2.48. The summed E-state index contributed by atoms with van der Waals surface area (Å²) < 4.78 is 0. The second kappa shape index (κ2) is 10.2. The molecule has 1 rings (SSSR count). The minimum atomic E-state index is -0.940. The van der Waals surface area contributed by atoms with Crippen LogP contribution in [-0.4, -0.2) is 24.1 Å². The van der Waals surface area contributed by atoms with Crippen LogP contribution in [-0.2, 0) is 0 Å². The first-order valence-corrected chi connectivity index (χ1v) is 12.0. The quantitative estimate of drug-likeness (QED) is 0.319. The zero-order valence-electron chi connectivity index (χ0n) is 14.0. The van der Waals surface area contributed by atoms with Gasteiger partial charge in [0.25, 0.3) is 0 Å². The molecule has 1 aliphatic rings. The predicted octanol–water partition coefficient (Wildman–Crippen LogP) is 6.47. The van der Waals surface area contributed by atoms with Gasteiger partial charge in [-0.25, -0.2) is 0 Å². The fraction of sp³-hybridized carbons (Fsp3) is 1.00. The predicted molar refractivity (Wildman–Crippen MR) is 94.5 cm³/mol. The van der Waals surface area contributed by atoms with Gasteiger partial charge in [0.1, 0.15) is 0 Å². The second-order valence-electron chi connectivity index (χ2n) is 6.97. The van der Waals surface area contributed by atoms with E-state index in [-0.39, 0.29) is 0 Å². The molecule has 0 amide bonds. The minimum absolute atomic E-state index is 0.940. The number of hydrogen-bond acceptors (Lipinski definition) is 0. The van der Waals surface area contributed by atoms with E-state index in [9.17, 15) is 0 Å². The zero-order chi connectivity index (χ0) is 14.0. The summed E-state index contributed by atoms with van der Waals surface area (Å²) in [6.07, 6.45) is 21.5. The molecule has 0 aromatic rings. The van der Waals surface area contributed by atoms with Crippen molar-refractivity contribution in [3.05, 3.63) is 0 Å². The van der Waals surface area contributed by atoms with Crippen LogP contribution in [0.5, 0.6) is 0 Å². The van der Waals surface area contributed by atoms with E-state index >= 15 is 0 Å². The topological polar surface area (TPSA) is 0 Å². The fourth-order valence-electron chi connectivity index (χ4n) is 4.32. The fourth-order valence-corrected chi connectivity index (χ4v) is 10.3. The summed E-state index contributed by atoms with van der Waals surface area (Å²) >= 11 is 0. The average molecular weight is 286 g/mol. The Hall–Kier alpha value is 0.430. The van der Waals surface area contributed by atoms with Crippen molar-refractivity contribution >= 4 is 7.26 Å². The summed E-state index contributed by atoms with van der Waals surface area (Å²) in [5.74, 6) is 0. The van der Waals surface area contributed by atoms with Crippen molar-refractivity contribution in [1.82, 2.24) is 0 Å². The summed E-state index contributed by atoms with van der Waals surface area (Å²) in [4.78, 5) is 0. The zero-order valence-corrected chi connectivity index (χ0v) is 15.0. The molecule has 1 aliphatic carbocycles. The van der Waals surface area contributed by atoms with E-state index in [4.69, 9.17) is 0 Å². The molecule has 0 aromatic heterocycles. The molecule has 0 bridgehead atoms. The van der Waals surface area contributed by atoms with Crippen LogP contribution in [0.3, 0.4) is 0 Å². The molecule has 19 heavy (non-hydrogen) atoms. The summed E-state index contributed by atoms with van der Waals surface area (Å²) in [6, 6.07) is 0. The van der Waals surface area contributed by atoms with Crippen LogP contribution in [0.15, 0.2) is 0 Å². The van der Waals surface area contributed by atoms with E-state index in [1.807, 2.05) is 0 Å². The summed E-state index contributed by atoms with van der Waals surface area (Å²) in [5, 5.41) is 0. The molecule has 1 fully saturated rings. The van der Waals surface area contributed by atoms with E-state index in [2.05, 4.69) is 20.8 Å². The molecule has 0 aromatic carbocycles. The first kappa shape index (κ1) is 17.5. The van der Waals surface area contributed by atoms with Gasteiger partial charge >= 0.3 is 123 Å². The van der Waals surface area contributed by atoms with Gasteiger partial charge in [0.2, 0.25) is 0 Å². The van der Waals surface area contributed by atoms with E-state index in [1.54, 1.807) is 50.6 Å². The van der Waals surface area contributed by atoms with Gasteiger partial charge in [0.15, 0.2) is 0 Å². The van der Waals surface area contributed by atoms with Gasteiger partial charge in [0.05, 0.1) is 0 Å². The molecule has 0 atom stereocenters. The summed E-state index contributed by atoms with van der Waals surface area (Å²) in [6.45, 7) is 7.26. The van der Waals surface area contributed by atoms with E-state index in [0.29, 0.717) is 0 Å². The van der Waals surface area contributed by atoms with Crippen LogP contribution in [0, 0.1) is 0 Å². The van der Waals surface area contributed by atoms with Crippen molar-refractivity contribution in [1.29, 1.82) is 0 Å². The van der Waals surface area contributed by atoms with Crippen molar-refractivity contribution in [2.75, 3.05) is 18.5 Å². The van der Waals surface area contributed by atoms with Crippen molar-refractivity contribution in [3.63, 3.8) is 0 Å². The van der Waals surface area contributed by atoms with Gasteiger partial charge in [-0.1, -0.05) is 0 Å². The number of rotatable bonds is 10. The SMILES string of the molecule is CCCCCC[PH](CC)(CCCC)C1CCCCC1. The Bertz CT molecular complexity index is 208. The molecule has 116 valence electrons. The van der Waals surface area contributed by atoms with Gasteiger partial charge in [-0.3, -0.25) is 0 Å². The van der Waals surface area contributed by atoms with Crippen LogP contribution in [0.25, 0.3) is 0 Å².